The molecule has 1 heterocycles. The average molecular weight is 239 g/mol. The first-order chi connectivity index (χ1) is 7.69. The summed E-state index contributed by atoms with van der Waals surface area (Å²) < 4.78 is 5.01. The number of thioether (sulfide) groups is 1. The van der Waals surface area contributed by atoms with Gasteiger partial charge in [0.1, 0.15) is 0 Å². The van der Waals surface area contributed by atoms with E-state index < -0.39 is 0 Å². The number of nitrogens with one attached hydrogen (secondary N) is 1. The van der Waals surface area contributed by atoms with Gasteiger partial charge in [-0.3, -0.25) is 0 Å². The Morgan fingerprint density at radius 1 is 1.50 bits per heavy atom. The van der Waals surface area contributed by atoms with E-state index in [1.807, 2.05) is 17.8 Å². The van der Waals surface area contributed by atoms with Gasteiger partial charge in [-0.1, -0.05) is 6.92 Å². The van der Waals surface area contributed by atoms with Crippen LogP contribution in [-0.2, 0) is 0 Å². The molecule has 0 amide bonds. The molecule has 2 rings (SSSR count). The van der Waals surface area contributed by atoms with Crippen LogP contribution in [0, 0.1) is 0 Å². The van der Waals surface area contributed by atoms with Crippen LogP contribution in [0.3, 0.4) is 0 Å². The van der Waals surface area contributed by atoms with Crippen molar-refractivity contribution in [3.63, 3.8) is 0 Å². The first-order valence-corrected chi connectivity index (χ1v) is 6.49. The minimum atomic E-state index is 0.186. The van der Waals surface area contributed by atoms with E-state index >= 15 is 0 Å². The van der Waals surface area contributed by atoms with Gasteiger partial charge in [-0.05, 0) is 18.6 Å². The summed E-state index contributed by atoms with van der Waals surface area (Å²) in [6, 6.07) is 5.94. The Balaban J connectivity index is 2.02. The van der Waals surface area contributed by atoms with Gasteiger partial charge in [0, 0.05) is 28.8 Å². The lowest BCUT2D eigenvalue weighted by Crippen LogP contribution is -2.18. The van der Waals surface area contributed by atoms with Gasteiger partial charge in [0.25, 0.3) is 0 Å². The molecular formula is C12H17NO2S. The van der Waals surface area contributed by atoms with Crippen LogP contribution in [0.4, 0.5) is 5.69 Å². The van der Waals surface area contributed by atoms with Gasteiger partial charge < -0.3 is 15.2 Å². The smallest absolute Gasteiger partial charge is 0.160 e. The maximum Gasteiger partial charge on any atom is 0.160 e. The zero-order valence-electron chi connectivity index (χ0n) is 9.56. The number of phenolic OH excluding ortho intramolecular Hbond substituents is 1. The molecule has 1 fully saturated rings. The second kappa shape index (κ2) is 4.87. The highest BCUT2D eigenvalue weighted by molar-refractivity contribution is 8.00. The van der Waals surface area contributed by atoms with Gasteiger partial charge in [-0.25, -0.2) is 0 Å². The van der Waals surface area contributed by atoms with Crippen molar-refractivity contribution in [3.8, 4) is 11.5 Å². The Hall–Kier alpha value is -1.03. The molecular weight excluding hydrogens is 222 g/mol. The molecule has 1 aliphatic rings. The maximum atomic E-state index is 9.65. The van der Waals surface area contributed by atoms with E-state index in [1.54, 1.807) is 19.2 Å². The van der Waals surface area contributed by atoms with E-state index in [-0.39, 0.29) is 5.75 Å². The fourth-order valence-corrected chi connectivity index (χ4v) is 3.08. The Morgan fingerprint density at radius 2 is 2.31 bits per heavy atom. The summed E-state index contributed by atoms with van der Waals surface area (Å²) in [4.78, 5) is 0. The molecule has 0 radical (unpaired) electrons. The lowest BCUT2D eigenvalue weighted by molar-refractivity contribution is 0.373. The third-order valence-corrected chi connectivity index (χ3v) is 4.10. The van der Waals surface area contributed by atoms with Crippen molar-refractivity contribution in [2.75, 3.05) is 18.2 Å². The summed E-state index contributed by atoms with van der Waals surface area (Å²) >= 11 is 1.99. The fourth-order valence-electron chi connectivity index (χ4n) is 1.93. The molecule has 0 spiro atoms. The highest BCUT2D eigenvalue weighted by Gasteiger charge is 2.21. The fraction of sp³-hybridized carbons (Fsp3) is 0.500. The van der Waals surface area contributed by atoms with Crippen LogP contribution < -0.4 is 10.1 Å². The summed E-state index contributed by atoms with van der Waals surface area (Å²) in [6.07, 6.45) is 1.18. The van der Waals surface area contributed by atoms with Crippen LogP contribution in [-0.4, -0.2) is 29.3 Å². The molecule has 0 bridgehead atoms. The quantitative estimate of drug-likeness (QED) is 0.851. The number of rotatable bonds is 3. The van der Waals surface area contributed by atoms with Crippen molar-refractivity contribution >= 4 is 17.4 Å². The third kappa shape index (κ3) is 2.55. The highest BCUT2D eigenvalue weighted by atomic mass is 32.2. The summed E-state index contributed by atoms with van der Waals surface area (Å²) in [5.41, 5.74) is 0.956. The van der Waals surface area contributed by atoms with Gasteiger partial charge >= 0.3 is 0 Å². The Kier molecular flexibility index (Phi) is 3.49. The molecule has 1 aromatic carbocycles. The molecule has 4 heteroatoms. The van der Waals surface area contributed by atoms with Crippen LogP contribution in [0.1, 0.15) is 13.3 Å². The lowest BCUT2D eigenvalue weighted by atomic mass is 10.2. The Bertz CT molecular complexity index is 370. The lowest BCUT2D eigenvalue weighted by Gasteiger charge is -2.14. The normalized spacial score (nSPS) is 24.4. The Morgan fingerprint density at radius 3 is 2.88 bits per heavy atom. The van der Waals surface area contributed by atoms with Gasteiger partial charge in [0.15, 0.2) is 11.5 Å². The number of benzene rings is 1. The molecule has 2 N–H and O–H groups in total. The number of hydrogen-bond acceptors (Lipinski definition) is 4. The molecule has 2 atom stereocenters. The number of phenols is 1. The molecule has 1 aromatic rings. The zero-order valence-corrected chi connectivity index (χ0v) is 10.4. The standard InChI is InChI=1S/C12H17NO2S/c1-8-5-10(7-16-8)13-9-3-4-12(15-2)11(14)6-9/h3-4,6,8,10,13-14H,5,7H2,1-2H3. The van der Waals surface area contributed by atoms with E-state index in [2.05, 4.69) is 12.2 Å². The number of ether oxygens (including phenoxy) is 1. The number of hydrogen-bond donors (Lipinski definition) is 2. The van der Waals surface area contributed by atoms with Crippen LogP contribution in [0.25, 0.3) is 0 Å². The van der Waals surface area contributed by atoms with E-state index in [1.165, 1.54) is 6.42 Å². The predicted octanol–water partition coefficient (Wildman–Crippen LogP) is 2.71. The summed E-state index contributed by atoms with van der Waals surface area (Å²) in [5.74, 6) is 1.83. The first kappa shape index (κ1) is 11.5. The van der Waals surface area contributed by atoms with Gasteiger partial charge in [0.05, 0.1) is 7.11 Å². The average Bonchev–Trinajstić information content (AvgIpc) is 2.64. The van der Waals surface area contributed by atoms with Crippen LogP contribution in [0.5, 0.6) is 11.5 Å². The first-order valence-electron chi connectivity index (χ1n) is 5.44. The predicted molar refractivity (Wildman–Crippen MR) is 68.6 cm³/mol. The van der Waals surface area contributed by atoms with Crippen molar-refractivity contribution in [1.82, 2.24) is 0 Å². The van der Waals surface area contributed by atoms with Crippen molar-refractivity contribution in [2.45, 2.75) is 24.6 Å². The largest absolute Gasteiger partial charge is 0.504 e. The van der Waals surface area contributed by atoms with E-state index in [9.17, 15) is 5.11 Å². The molecule has 0 aromatic heterocycles. The molecule has 1 aliphatic heterocycles. The summed E-state index contributed by atoms with van der Waals surface area (Å²) in [7, 11) is 1.55. The minimum Gasteiger partial charge on any atom is -0.504 e. The SMILES string of the molecule is COc1ccc(NC2CSC(C)C2)cc1O. The van der Waals surface area contributed by atoms with Crippen molar-refractivity contribution in [3.05, 3.63) is 18.2 Å². The Labute approximate surface area is 100 Å². The molecule has 1 saturated heterocycles. The number of anilines is 1. The van der Waals surface area contributed by atoms with E-state index in [0.29, 0.717) is 11.8 Å². The monoisotopic (exact) mass is 239 g/mol. The molecule has 3 nitrogen and oxygen atoms in total. The molecule has 16 heavy (non-hydrogen) atoms. The number of methoxy groups -OCH3 is 1. The maximum absolute atomic E-state index is 9.65. The van der Waals surface area contributed by atoms with Crippen molar-refractivity contribution in [2.24, 2.45) is 0 Å². The topological polar surface area (TPSA) is 41.5 Å². The van der Waals surface area contributed by atoms with Gasteiger partial charge in [-0.2, -0.15) is 11.8 Å². The van der Waals surface area contributed by atoms with Gasteiger partial charge in [-0.15, -0.1) is 0 Å². The van der Waals surface area contributed by atoms with Crippen LogP contribution in [0.2, 0.25) is 0 Å². The van der Waals surface area contributed by atoms with Crippen LogP contribution >= 0.6 is 11.8 Å². The summed E-state index contributed by atoms with van der Waals surface area (Å²) in [5, 5.41) is 13.8. The highest BCUT2D eigenvalue weighted by Crippen LogP contribution is 2.32. The van der Waals surface area contributed by atoms with E-state index in [4.69, 9.17) is 4.74 Å². The molecule has 0 saturated carbocycles. The molecule has 2 unspecified atom stereocenters. The van der Waals surface area contributed by atoms with Gasteiger partial charge in [0.2, 0.25) is 0 Å². The zero-order chi connectivity index (χ0) is 11.5. The second-order valence-electron chi connectivity index (χ2n) is 4.11. The minimum absolute atomic E-state index is 0.186. The van der Waals surface area contributed by atoms with E-state index in [0.717, 1.165) is 16.7 Å². The van der Waals surface area contributed by atoms with Crippen molar-refractivity contribution in [1.29, 1.82) is 0 Å². The molecule has 88 valence electrons. The summed E-state index contributed by atoms with van der Waals surface area (Å²) in [6.45, 7) is 2.25. The van der Waals surface area contributed by atoms with Crippen molar-refractivity contribution < 1.29 is 9.84 Å². The second-order valence-corrected chi connectivity index (χ2v) is 5.58. The third-order valence-electron chi connectivity index (χ3n) is 2.75. The molecule has 0 aliphatic carbocycles. The van der Waals surface area contributed by atoms with Crippen LogP contribution in [0.15, 0.2) is 18.2 Å². The number of aromatic hydroxyl groups is 1.